The molecule has 0 unspecified atom stereocenters. The quantitative estimate of drug-likeness (QED) is 0.192. The van der Waals surface area contributed by atoms with Gasteiger partial charge in [0.2, 0.25) is 11.8 Å². The fraction of sp³-hybridized carbons (Fsp3) is 0.353. The number of alkyl halides is 5. The molecule has 0 fully saturated rings. The van der Waals surface area contributed by atoms with Gasteiger partial charge in [-0.05, 0) is 64.4 Å². The van der Waals surface area contributed by atoms with Crippen LogP contribution in [0.3, 0.4) is 0 Å². The largest absolute Gasteiger partial charge is 0.573 e. The number of hydrogen-bond acceptors (Lipinski definition) is 9. The molecule has 0 saturated carbocycles. The van der Waals surface area contributed by atoms with Crippen LogP contribution >= 0.6 is 0 Å². The fourth-order valence-electron chi connectivity index (χ4n) is 5.07. The number of nitriles is 1. The first-order chi connectivity index (χ1) is 23.7. The Morgan fingerprint density at radius 3 is 2.35 bits per heavy atom. The number of benzene rings is 2. The summed E-state index contributed by atoms with van der Waals surface area (Å²) in [6.45, 7) is 7.25. The maximum Gasteiger partial charge on any atom is 0.573 e. The maximum absolute atomic E-state index is 16.0. The van der Waals surface area contributed by atoms with Gasteiger partial charge in [0.25, 0.3) is 11.8 Å². The number of carbonyl (C=O) groups excluding carboxylic acids is 2. The van der Waals surface area contributed by atoms with Gasteiger partial charge in [0.1, 0.15) is 28.6 Å². The van der Waals surface area contributed by atoms with Gasteiger partial charge in [-0.15, -0.1) is 23.4 Å². The first kappa shape index (κ1) is 36.6. The molecule has 0 bridgehead atoms. The third-order valence-corrected chi connectivity index (χ3v) is 7.52. The van der Waals surface area contributed by atoms with Gasteiger partial charge in [-0.1, -0.05) is 24.3 Å². The van der Waals surface area contributed by atoms with E-state index >= 15 is 13.2 Å². The Morgan fingerprint density at radius 2 is 1.76 bits per heavy atom. The van der Waals surface area contributed by atoms with E-state index in [0.717, 1.165) is 23.2 Å². The zero-order chi connectivity index (χ0) is 37.5. The summed E-state index contributed by atoms with van der Waals surface area (Å²) in [6, 6.07) is 10.2. The average Bonchev–Trinajstić information content (AvgIpc) is 3.51. The summed E-state index contributed by atoms with van der Waals surface area (Å²) in [5.74, 6) is -7.10. The van der Waals surface area contributed by atoms with E-state index in [1.165, 1.54) is 32.0 Å². The normalized spacial score (nSPS) is 16.2. The smallest absolute Gasteiger partial charge is 0.444 e. The van der Waals surface area contributed by atoms with Crippen molar-refractivity contribution in [2.75, 3.05) is 4.90 Å². The fourth-order valence-corrected chi connectivity index (χ4v) is 5.07. The molecule has 4 aromatic rings. The first-order valence-electron chi connectivity index (χ1n) is 15.3. The van der Waals surface area contributed by atoms with E-state index in [4.69, 9.17) is 9.15 Å². The van der Waals surface area contributed by atoms with Crippen LogP contribution in [0.4, 0.5) is 36.8 Å². The van der Waals surface area contributed by atoms with Crippen molar-refractivity contribution in [1.29, 1.82) is 5.26 Å². The molecule has 17 heteroatoms. The molecule has 1 aliphatic rings. The highest BCUT2D eigenvalue weighted by molar-refractivity contribution is 6.01. The van der Waals surface area contributed by atoms with E-state index in [9.17, 15) is 28.0 Å². The lowest BCUT2D eigenvalue weighted by Crippen LogP contribution is -2.49. The minimum absolute atomic E-state index is 0.161. The summed E-state index contributed by atoms with van der Waals surface area (Å²) in [7, 11) is 0. The summed E-state index contributed by atoms with van der Waals surface area (Å²) in [5.41, 5.74) is -2.84. The van der Waals surface area contributed by atoms with Crippen molar-refractivity contribution in [2.24, 2.45) is 0 Å². The Morgan fingerprint density at radius 1 is 1.08 bits per heavy atom. The standard InChI is InChI=1S/C34H30F6N6O5/c1-31(2,3)51-30(48)43-25-14-33(36,37)22-13-23(35)21(27-44-45-29(49-27)32(4,5)17-41)12-26(22)46(28(25)47)16-18-6-8-19(9-7-18)24-11-10-20(15-42-24)50-34(38,39)40/h6-13,15,25H,14,16H2,1-5H3,(H,43,48)/t25-/m0/s1. The van der Waals surface area contributed by atoms with Crippen LogP contribution in [0.15, 0.2) is 59.1 Å². The van der Waals surface area contributed by atoms with Gasteiger partial charge >= 0.3 is 12.5 Å². The molecule has 0 aliphatic carbocycles. The molecule has 0 spiro atoms. The molecule has 1 aliphatic heterocycles. The number of anilines is 1. The van der Waals surface area contributed by atoms with E-state index in [1.807, 2.05) is 6.07 Å². The number of aromatic nitrogens is 3. The number of pyridine rings is 1. The molecule has 3 heterocycles. The zero-order valence-electron chi connectivity index (χ0n) is 27.7. The zero-order valence-corrected chi connectivity index (χ0v) is 27.7. The van der Waals surface area contributed by atoms with Crippen LogP contribution in [0.2, 0.25) is 0 Å². The number of alkyl carbamates (subject to hydrolysis) is 1. The maximum atomic E-state index is 16.0. The molecule has 11 nitrogen and oxygen atoms in total. The number of fused-ring (bicyclic) bond motifs is 1. The molecular weight excluding hydrogens is 686 g/mol. The van der Waals surface area contributed by atoms with Crippen molar-refractivity contribution >= 4 is 17.7 Å². The number of ether oxygens (including phenoxy) is 2. The Hall–Kier alpha value is -5.66. The van der Waals surface area contributed by atoms with Gasteiger partial charge in [-0.3, -0.25) is 9.78 Å². The highest BCUT2D eigenvalue weighted by Crippen LogP contribution is 2.45. The topological polar surface area (TPSA) is 143 Å². The van der Waals surface area contributed by atoms with Gasteiger partial charge < -0.3 is 24.1 Å². The van der Waals surface area contributed by atoms with Gasteiger partial charge in [0.15, 0.2) is 0 Å². The van der Waals surface area contributed by atoms with Crippen LogP contribution in [0, 0.1) is 17.1 Å². The van der Waals surface area contributed by atoms with Gasteiger partial charge in [-0.2, -0.15) is 5.26 Å². The average molecular weight is 717 g/mol. The van der Waals surface area contributed by atoms with Crippen LogP contribution in [0.25, 0.3) is 22.7 Å². The molecule has 0 radical (unpaired) electrons. The Kier molecular flexibility index (Phi) is 9.50. The van der Waals surface area contributed by atoms with Gasteiger partial charge in [0, 0.05) is 17.5 Å². The monoisotopic (exact) mass is 716 g/mol. The minimum Gasteiger partial charge on any atom is -0.444 e. The predicted octanol–water partition coefficient (Wildman–Crippen LogP) is 7.56. The molecule has 1 atom stereocenters. The lowest BCUT2D eigenvalue weighted by molar-refractivity contribution is -0.274. The molecular formula is C34H30F6N6O5. The SMILES string of the molecule is CC(C)(C)OC(=O)N[C@H]1CC(F)(F)c2cc(F)c(-c3nnc(C(C)(C)C#N)o3)cc2N(Cc2ccc(-c3ccc(OC(F)(F)F)cn3)cc2)C1=O. The highest BCUT2D eigenvalue weighted by Gasteiger charge is 2.47. The molecule has 51 heavy (non-hydrogen) atoms. The number of hydrogen-bond donors (Lipinski definition) is 1. The van der Waals surface area contributed by atoms with E-state index < -0.39 is 82.0 Å². The molecule has 268 valence electrons. The van der Waals surface area contributed by atoms with Crippen molar-refractivity contribution in [1.82, 2.24) is 20.5 Å². The summed E-state index contributed by atoms with van der Waals surface area (Å²) in [5, 5.41) is 19.3. The number of nitrogens with one attached hydrogen (secondary N) is 1. The predicted molar refractivity (Wildman–Crippen MR) is 168 cm³/mol. The molecule has 2 aromatic heterocycles. The van der Waals surface area contributed by atoms with E-state index in [0.29, 0.717) is 17.2 Å². The van der Waals surface area contributed by atoms with E-state index in [2.05, 4.69) is 25.2 Å². The number of amides is 2. The Labute approximate surface area is 287 Å². The number of nitrogens with zero attached hydrogens (tertiary/aromatic N) is 5. The Bertz CT molecular complexity index is 1980. The number of halogens is 6. The van der Waals surface area contributed by atoms with Crippen LogP contribution < -0.4 is 15.0 Å². The van der Waals surface area contributed by atoms with E-state index in [1.54, 1.807) is 32.9 Å². The number of carbonyl (C=O) groups is 2. The molecule has 1 N–H and O–H groups in total. The molecule has 2 aromatic carbocycles. The lowest BCUT2D eigenvalue weighted by atomic mass is 9.96. The summed E-state index contributed by atoms with van der Waals surface area (Å²) < 4.78 is 99.7. The first-order valence-corrected chi connectivity index (χ1v) is 15.3. The van der Waals surface area contributed by atoms with Gasteiger partial charge in [0.05, 0.1) is 35.8 Å². The van der Waals surface area contributed by atoms with Crippen molar-refractivity contribution in [3.8, 4) is 34.5 Å². The van der Waals surface area contributed by atoms with Crippen molar-refractivity contribution in [3.63, 3.8) is 0 Å². The number of rotatable bonds is 7. The van der Waals surface area contributed by atoms with Gasteiger partial charge in [-0.25, -0.2) is 18.0 Å². The summed E-state index contributed by atoms with van der Waals surface area (Å²) in [6.07, 6.45) is -6.36. The Balaban J connectivity index is 1.54. The van der Waals surface area contributed by atoms with Crippen molar-refractivity contribution < 1.29 is 49.8 Å². The summed E-state index contributed by atoms with van der Waals surface area (Å²) >= 11 is 0. The second-order valence-corrected chi connectivity index (χ2v) is 13.2. The van der Waals surface area contributed by atoms with Crippen LogP contribution in [0.5, 0.6) is 5.75 Å². The van der Waals surface area contributed by atoms with Crippen LogP contribution in [0.1, 0.15) is 58.1 Å². The van der Waals surface area contributed by atoms with Crippen molar-refractivity contribution in [3.05, 3.63) is 77.6 Å². The minimum atomic E-state index is -4.89. The second-order valence-electron chi connectivity index (χ2n) is 13.2. The van der Waals surface area contributed by atoms with Crippen molar-refractivity contribution in [2.45, 2.75) is 76.9 Å². The molecule has 0 saturated heterocycles. The third kappa shape index (κ3) is 8.39. The van der Waals surface area contributed by atoms with E-state index in [-0.39, 0.29) is 18.1 Å². The lowest BCUT2D eigenvalue weighted by Gasteiger charge is -2.27. The second kappa shape index (κ2) is 13.2. The third-order valence-electron chi connectivity index (χ3n) is 7.52. The van der Waals surface area contributed by atoms with Crippen LogP contribution in [-0.4, -0.2) is 45.2 Å². The highest BCUT2D eigenvalue weighted by atomic mass is 19.4. The molecule has 5 rings (SSSR count). The molecule has 2 amide bonds. The summed E-state index contributed by atoms with van der Waals surface area (Å²) in [4.78, 5) is 31.7. The van der Waals surface area contributed by atoms with Crippen LogP contribution in [-0.2, 0) is 27.4 Å².